The third kappa shape index (κ3) is 8.43. The van der Waals surface area contributed by atoms with Crippen LogP contribution in [-0.2, 0) is 16.1 Å². The van der Waals surface area contributed by atoms with Crippen molar-refractivity contribution in [2.24, 2.45) is 5.92 Å². The summed E-state index contributed by atoms with van der Waals surface area (Å²) in [6.07, 6.45) is 4.37. The molecule has 1 unspecified atom stereocenters. The Morgan fingerprint density at radius 2 is 2.00 bits per heavy atom. The highest BCUT2D eigenvalue weighted by atomic mass is 32.2. The van der Waals surface area contributed by atoms with E-state index in [9.17, 15) is 9.59 Å². The van der Waals surface area contributed by atoms with Crippen LogP contribution in [0.15, 0.2) is 0 Å². The van der Waals surface area contributed by atoms with Crippen LogP contribution in [-0.4, -0.2) is 58.6 Å². The number of thioether (sulfide) groups is 1. The molecule has 2 rings (SSSR count). The molecule has 30 heavy (non-hydrogen) atoms. The van der Waals surface area contributed by atoms with Crippen molar-refractivity contribution in [1.29, 1.82) is 0 Å². The van der Waals surface area contributed by atoms with Crippen LogP contribution in [0.2, 0.25) is 0 Å². The Kier molecular flexibility index (Phi) is 9.43. The second kappa shape index (κ2) is 11.3. The number of aryl methyl sites for hydroxylation is 1. The number of carbonyl (C=O) groups excluding carboxylic acids is 2. The zero-order chi connectivity index (χ0) is 22.3. The predicted octanol–water partition coefficient (Wildman–Crippen LogP) is 4.27. The highest BCUT2D eigenvalue weighted by Crippen LogP contribution is 2.26. The maximum atomic E-state index is 12.8. The van der Waals surface area contributed by atoms with Gasteiger partial charge < -0.3 is 15.4 Å². The Morgan fingerprint density at radius 1 is 1.33 bits per heavy atom. The number of thiazole rings is 1. The molecule has 1 atom stereocenters. The summed E-state index contributed by atoms with van der Waals surface area (Å²) in [6, 6.07) is -0.663. The standard InChI is InChI=1S/C21H36N4O3S2/c1-14-7-10-25(11-8-14)13-17-15(2)22-19(30-17)24-18(26)16(9-12-29-6)23-20(27)28-21(3,4)5/h14,16H,7-13H2,1-6H3,(H,23,27)(H,22,24,26). The van der Waals surface area contributed by atoms with Crippen LogP contribution in [0.3, 0.4) is 0 Å². The van der Waals surface area contributed by atoms with Gasteiger partial charge in [0, 0.05) is 11.4 Å². The van der Waals surface area contributed by atoms with Crippen molar-refractivity contribution < 1.29 is 14.3 Å². The van der Waals surface area contributed by atoms with Gasteiger partial charge in [-0.25, -0.2) is 9.78 Å². The first kappa shape index (κ1) is 24.9. The summed E-state index contributed by atoms with van der Waals surface area (Å²) in [5.74, 6) is 1.29. The van der Waals surface area contributed by atoms with E-state index in [4.69, 9.17) is 4.74 Å². The van der Waals surface area contributed by atoms with Crippen molar-refractivity contribution in [3.63, 3.8) is 0 Å². The average Bonchev–Trinajstić information content (AvgIpc) is 2.97. The summed E-state index contributed by atoms with van der Waals surface area (Å²) >= 11 is 3.15. The van der Waals surface area contributed by atoms with Gasteiger partial charge in [0.05, 0.1) is 5.69 Å². The maximum absolute atomic E-state index is 12.8. The van der Waals surface area contributed by atoms with Crippen LogP contribution < -0.4 is 10.6 Å². The maximum Gasteiger partial charge on any atom is 0.408 e. The van der Waals surface area contributed by atoms with E-state index in [0.717, 1.165) is 37.0 Å². The van der Waals surface area contributed by atoms with E-state index in [0.29, 0.717) is 11.6 Å². The number of ether oxygens (including phenoxy) is 1. The fraction of sp³-hybridized carbons (Fsp3) is 0.762. The first-order valence-corrected chi connectivity index (χ1v) is 12.8. The highest BCUT2D eigenvalue weighted by molar-refractivity contribution is 7.98. The minimum absolute atomic E-state index is 0.262. The molecule has 1 fully saturated rings. The Balaban J connectivity index is 1.97. The molecule has 9 heteroatoms. The van der Waals surface area contributed by atoms with Gasteiger partial charge in [-0.05, 0) is 78.0 Å². The zero-order valence-electron chi connectivity index (χ0n) is 19.0. The number of nitrogens with one attached hydrogen (secondary N) is 2. The van der Waals surface area contributed by atoms with Gasteiger partial charge in [0.25, 0.3) is 0 Å². The number of piperidine rings is 1. The second-order valence-corrected chi connectivity index (χ2v) is 11.0. The summed E-state index contributed by atoms with van der Waals surface area (Å²) < 4.78 is 5.31. The fourth-order valence-corrected chi connectivity index (χ4v) is 4.68. The van der Waals surface area contributed by atoms with Gasteiger partial charge in [0.15, 0.2) is 5.13 Å². The van der Waals surface area contributed by atoms with Crippen LogP contribution in [0.4, 0.5) is 9.93 Å². The largest absolute Gasteiger partial charge is 0.444 e. The third-order valence-corrected chi connectivity index (χ3v) is 6.69. The molecular formula is C21H36N4O3S2. The number of likely N-dealkylation sites (tertiary alicyclic amines) is 1. The minimum atomic E-state index is -0.663. The summed E-state index contributed by atoms with van der Waals surface area (Å²) in [7, 11) is 0. The van der Waals surface area contributed by atoms with Crippen molar-refractivity contribution in [3.05, 3.63) is 10.6 Å². The summed E-state index contributed by atoms with van der Waals surface area (Å²) in [5.41, 5.74) is 0.341. The van der Waals surface area contributed by atoms with Crippen LogP contribution in [0.25, 0.3) is 0 Å². The number of amides is 2. The fourth-order valence-electron chi connectivity index (χ4n) is 3.20. The molecule has 0 bridgehead atoms. The van der Waals surface area contributed by atoms with Gasteiger partial charge in [-0.1, -0.05) is 6.92 Å². The lowest BCUT2D eigenvalue weighted by molar-refractivity contribution is -0.118. The summed E-state index contributed by atoms with van der Waals surface area (Å²) in [5, 5.41) is 6.18. The molecule has 7 nitrogen and oxygen atoms in total. The van der Waals surface area contributed by atoms with E-state index in [1.807, 2.05) is 13.2 Å². The van der Waals surface area contributed by atoms with E-state index in [1.165, 1.54) is 29.1 Å². The van der Waals surface area contributed by atoms with Crippen molar-refractivity contribution in [2.75, 3.05) is 30.4 Å². The number of hydrogen-bond acceptors (Lipinski definition) is 7. The number of hydrogen-bond donors (Lipinski definition) is 2. The Morgan fingerprint density at radius 3 is 2.60 bits per heavy atom. The Labute approximate surface area is 188 Å². The lowest BCUT2D eigenvalue weighted by Crippen LogP contribution is -2.46. The van der Waals surface area contributed by atoms with Gasteiger partial charge in [-0.3, -0.25) is 9.69 Å². The SMILES string of the molecule is CSCCC(NC(=O)OC(C)(C)C)C(=O)Nc1nc(C)c(CN2CCC(C)CC2)s1. The van der Waals surface area contributed by atoms with E-state index >= 15 is 0 Å². The molecule has 170 valence electrons. The number of alkyl carbamates (subject to hydrolysis) is 1. The van der Waals surface area contributed by atoms with Crippen molar-refractivity contribution in [3.8, 4) is 0 Å². The molecule has 2 amide bonds. The number of carbonyl (C=O) groups is 2. The van der Waals surface area contributed by atoms with Gasteiger partial charge in [0.1, 0.15) is 11.6 Å². The van der Waals surface area contributed by atoms with E-state index in [1.54, 1.807) is 32.5 Å². The highest BCUT2D eigenvalue weighted by Gasteiger charge is 2.25. The van der Waals surface area contributed by atoms with Crippen LogP contribution in [0.5, 0.6) is 0 Å². The minimum Gasteiger partial charge on any atom is -0.444 e. The molecule has 2 N–H and O–H groups in total. The normalized spacial score (nSPS) is 16.9. The van der Waals surface area contributed by atoms with Gasteiger partial charge >= 0.3 is 6.09 Å². The van der Waals surface area contributed by atoms with Crippen LogP contribution in [0.1, 0.15) is 57.5 Å². The molecule has 0 radical (unpaired) electrons. The number of aromatic nitrogens is 1. The number of nitrogens with zero attached hydrogens (tertiary/aromatic N) is 2. The van der Waals surface area contributed by atoms with Crippen LogP contribution >= 0.6 is 23.1 Å². The van der Waals surface area contributed by atoms with Gasteiger partial charge in [-0.2, -0.15) is 11.8 Å². The molecule has 1 aliphatic rings. The quantitative estimate of drug-likeness (QED) is 0.608. The van der Waals surface area contributed by atoms with Gasteiger partial charge in [-0.15, -0.1) is 11.3 Å². The molecule has 1 saturated heterocycles. The summed E-state index contributed by atoms with van der Waals surface area (Å²) in [4.78, 5) is 33.2. The first-order chi connectivity index (χ1) is 14.1. The molecule has 0 spiro atoms. The van der Waals surface area contributed by atoms with Crippen LogP contribution in [0, 0.1) is 12.8 Å². The third-order valence-electron chi connectivity index (χ3n) is 4.98. The average molecular weight is 457 g/mol. The lowest BCUT2D eigenvalue weighted by Gasteiger charge is -2.29. The molecule has 0 saturated carbocycles. The molecule has 2 heterocycles. The molecule has 1 aromatic heterocycles. The van der Waals surface area contributed by atoms with E-state index in [-0.39, 0.29) is 5.91 Å². The topological polar surface area (TPSA) is 83.6 Å². The predicted molar refractivity (Wildman–Crippen MR) is 125 cm³/mol. The molecule has 1 aromatic rings. The molecular weight excluding hydrogens is 420 g/mol. The number of anilines is 1. The molecule has 0 aromatic carbocycles. The van der Waals surface area contributed by atoms with Crippen molar-refractivity contribution >= 4 is 40.2 Å². The second-order valence-electron chi connectivity index (χ2n) is 8.96. The Hall–Kier alpha value is -1.32. The van der Waals surface area contributed by atoms with Crippen molar-refractivity contribution in [1.82, 2.24) is 15.2 Å². The molecule has 0 aliphatic carbocycles. The lowest BCUT2D eigenvalue weighted by atomic mass is 9.99. The van der Waals surface area contributed by atoms with E-state index in [2.05, 4.69) is 27.4 Å². The monoisotopic (exact) mass is 456 g/mol. The smallest absolute Gasteiger partial charge is 0.408 e. The van der Waals surface area contributed by atoms with Gasteiger partial charge in [0.2, 0.25) is 5.91 Å². The Bertz CT molecular complexity index is 710. The zero-order valence-corrected chi connectivity index (χ0v) is 20.7. The molecule has 1 aliphatic heterocycles. The number of rotatable bonds is 8. The van der Waals surface area contributed by atoms with E-state index < -0.39 is 17.7 Å². The first-order valence-electron chi connectivity index (χ1n) is 10.6. The van der Waals surface area contributed by atoms with Crippen molar-refractivity contribution in [2.45, 2.75) is 72.1 Å². The summed E-state index contributed by atoms with van der Waals surface area (Å²) in [6.45, 7) is 12.8.